The molecule has 102 valence electrons. The van der Waals surface area contributed by atoms with E-state index in [2.05, 4.69) is 11.9 Å². The molecule has 1 aliphatic carbocycles. The maximum absolute atomic E-state index is 11.9. The molecule has 1 aliphatic rings. The van der Waals surface area contributed by atoms with Crippen molar-refractivity contribution in [3.05, 3.63) is 12.7 Å². The van der Waals surface area contributed by atoms with Crippen molar-refractivity contribution in [1.29, 1.82) is 0 Å². The van der Waals surface area contributed by atoms with Crippen LogP contribution in [-0.2, 0) is 4.79 Å². The number of carboxylic acids is 1. The summed E-state index contributed by atoms with van der Waals surface area (Å²) >= 11 is 0. The number of hydrogen-bond acceptors (Lipinski definition) is 2. The van der Waals surface area contributed by atoms with E-state index in [1.165, 1.54) is 0 Å². The summed E-state index contributed by atoms with van der Waals surface area (Å²) in [4.78, 5) is 24.7. The monoisotopic (exact) mass is 254 g/mol. The number of carbonyl (C=O) groups is 2. The van der Waals surface area contributed by atoms with Gasteiger partial charge in [0.2, 0.25) is 0 Å². The Morgan fingerprint density at radius 1 is 1.50 bits per heavy atom. The Morgan fingerprint density at radius 2 is 2.17 bits per heavy atom. The molecule has 0 saturated heterocycles. The number of aliphatic carboxylic acids is 1. The highest BCUT2D eigenvalue weighted by Gasteiger charge is 2.44. The average molecular weight is 254 g/mol. The minimum absolute atomic E-state index is 0.204. The Balaban J connectivity index is 2.48. The molecule has 0 aromatic heterocycles. The van der Waals surface area contributed by atoms with E-state index in [9.17, 15) is 9.59 Å². The molecular formula is C13H22N2O3. The van der Waals surface area contributed by atoms with Crippen molar-refractivity contribution in [2.24, 2.45) is 5.41 Å². The molecule has 5 heteroatoms. The molecule has 18 heavy (non-hydrogen) atoms. The molecular weight excluding hydrogens is 232 g/mol. The van der Waals surface area contributed by atoms with Crippen LogP contribution in [0, 0.1) is 5.41 Å². The third-order valence-electron chi connectivity index (χ3n) is 3.47. The van der Waals surface area contributed by atoms with E-state index >= 15 is 0 Å². The lowest BCUT2D eigenvalue weighted by Crippen LogP contribution is -2.50. The first-order chi connectivity index (χ1) is 8.55. The smallest absolute Gasteiger partial charge is 0.317 e. The quantitative estimate of drug-likeness (QED) is 0.681. The van der Waals surface area contributed by atoms with Gasteiger partial charge in [0.05, 0.1) is 5.41 Å². The van der Waals surface area contributed by atoms with Crippen LogP contribution in [0.2, 0.25) is 0 Å². The predicted molar refractivity (Wildman–Crippen MR) is 69.4 cm³/mol. The van der Waals surface area contributed by atoms with Gasteiger partial charge in [-0.2, -0.15) is 0 Å². The van der Waals surface area contributed by atoms with E-state index < -0.39 is 11.4 Å². The fourth-order valence-electron chi connectivity index (χ4n) is 2.13. The average Bonchev–Trinajstić information content (AvgIpc) is 2.26. The van der Waals surface area contributed by atoms with E-state index in [1.54, 1.807) is 11.0 Å². The molecule has 0 aromatic rings. The standard InChI is InChI=1S/C13H22N2O3/c1-3-8-15(9-4-2)12(18)14-10-13(11(16)17)6-5-7-13/h3H,1,4-10H2,2H3,(H,14,18)(H,16,17). The summed E-state index contributed by atoms with van der Waals surface area (Å²) < 4.78 is 0. The molecule has 0 spiro atoms. The van der Waals surface area contributed by atoms with E-state index in [-0.39, 0.29) is 12.6 Å². The number of carboxylic acid groups (broad SMARTS) is 1. The summed E-state index contributed by atoms with van der Waals surface area (Å²) in [5, 5.41) is 11.9. The minimum Gasteiger partial charge on any atom is -0.481 e. The lowest BCUT2D eigenvalue weighted by atomic mass is 9.69. The van der Waals surface area contributed by atoms with Crippen LogP contribution >= 0.6 is 0 Å². The second kappa shape index (κ2) is 6.42. The van der Waals surface area contributed by atoms with Gasteiger partial charge in [0.15, 0.2) is 0 Å². The van der Waals surface area contributed by atoms with Gasteiger partial charge in [0, 0.05) is 19.6 Å². The van der Waals surface area contributed by atoms with Gasteiger partial charge >= 0.3 is 12.0 Å². The van der Waals surface area contributed by atoms with Crippen molar-refractivity contribution in [2.45, 2.75) is 32.6 Å². The molecule has 1 saturated carbocycles. The third kappa shape index (κ3) is 3.24. The first-order valence-corrected chi connectivity index (χ1v) is 6.43. The Hall–Kier alpha value is -1.52. The van der Waals surface area contributed by atoms with Crippen molar-refractivity contribution in [3.8, 4) is 0 Å². The number of nitrogens with zero attached hydrogens (tertiary/aromatic N) is 1. The summed E-state index contributed by atoms with van der Waals surface area (Å²) in [6.07, 6.45) is 4.76. The maximum Gasteiger partial charge on any atom is 0.317 e. The summed E-state index contributed by atoms with van der Waals surface area (Å²) in [6, 6.07) is -0.204. The summed E-state index contributed by atoms with van der Waals surface area (Å²) in [6.45, 7) is 6.97. The van der Waals surface area contributed by atoms with Gasteiger partial charge in [-0.25, -0.2) is 4.79 Å². The molecule has 0 unspecified atom stereocenters. The van der Waals surface area contributed by atoms with Gasteiger partial charge in [0.1, 0.15) is 0 Å². The van der Waals surface area contributed by atoms with Crippen molar-refractivity contribution < 1.29 is 14.7 Å². The number of carbonyl (C=O) groups excluding carboxylic acids is 1. The second-order valence-electron chi connectivity index (χ2n) is 4.83. The number of urea groups is 1. The Bertz CT molecular complexity index is 324. The largest absolute Gasteiger partial charge is 0.481 e. The van der Waals surface area contributed by atoms with Crippen LogP contribution in [0.3, 0.4) is 0 Å². The number of nitrogens with one attached hydrogen (secondary N) is 1. The predicted octanol–water partition coefficient (Wildman–Crippen LogP) is 1.85. The van der Waals surface area contributed by atoms with E-state index in [0.29, 0.717) is 25.9 Å². The Kier molecular flexibility index (Phi) is 5.19. The number of hydrogen-bond donors (Lipinski definition) is 2. The highest BCUT2D eigenvalue weighted by molar-refractivity contribution is 5.79. The van der Waals surface area contributed by atoms with Crippen LogP contribution in [0.15, 0.2) is 12.7 Å². The van der Waals surface area contributed by atoms with Crippen molar-refractivity contribution >= 4 is 12.0 Å². The molecule has 0 aromatic carbocycles. The molecule has 2 N–H and O–H groups in total. The number of amides is 2. The Labute approximate surface area is 108 Å². The van der Waals surface area contributed by atoms with Gasteiger partial charge in [0.25, 0.3) is 0 Å². The molecule has 0 radical (unpaired) electrons. The van der Waals surface area contributed by atoms with E-state index in [1.807, 2.05) is 6.92 Å². The van der Waals surface area contributed by atoms with E-state index in [0.717, 1.165) is 12.8 Å². The van der Waals surface area contributed by atoms with Crippen LogP contribution in [0.25, 0.3) is 0 Å². The summed E-state index contributed by atoms with van der Waals surface area (Å²) in [7, 11) is 0. The summed E-state index contributed by atoms with van der Waals surface area (Å²) in [5.74, 6) is -0.806. The lowest BCUT2D eigenvalue weighted by molar-refractivity contribution is -0.153. The maximum atomic E-state index is 11.9. The topological polar surface area (TPSA) is 69.6 Å². The molecule has 0 aliphatic heterocycles. The normalized spacial score (nSPS) is 16.5. The van der Waals surface area contributed by atoms with Gasteiger partial charge in [-0.15, -0.1) is 6.58 Å². The minimum atomic E-state index is -0.806. The fraction of sp³-hybridized carbons (Fsp3) is 0.692. The zero-order chi connectivity index (χ0) is 13.6. The van der Waals surface area contributed by atoms with E-state index in [4.69, 9.17) is 5.11 Å². The first kappa shape index (κ1) is 14.5. The second-order valence-corrected chi connectivity index (χ2v) is 4.83. The molecule has 5 nitrogen and oxygen atoms in total. The van der Waals surface area contributed by atoms with Crippen LogP contribution in [0.5, 0.6) is 0 Å². The SMILES string of the molecule is C=CCN(CCC)C(=O)NCC1(C(=O)O)CCC1. The van der Waals surface area contributed by atoms with Crippen LogP contribution in [0.4, 0.5) is 4.79 Å². The molecule has 1 rings (SSSR count). The first-order valence-electron chi connectivity index (χ1n) is 6.43. The fourth-order valence-corrected chi connectivity index (χ4v) is 2.13. The molecule has 2 amide bonds. The summed E-state index contributed by atoms with van der Waals surface area (Å²) in [5.41, 5.74) is -0.734. The highest BCUT2D eigenvalue weighted by atomic mass is 16.4. The van der Waals surface area contributed by atoms with Gasteiger partial charge in [-0.1, -0.05) is 19.4 Å². The zero-order valence-corrected chi connectivity index (χ0v) is 10.9. The Morgan fingerprint density at radius 3 is 2.56 bits per heavy atom. The zero-order valence-electron chi connectivity index (χ0n) is 10.9. The highest BCUT2D eigenvalue weighted by Crippen LogP contribution is 2.40. The number of rotatable bonds is 7. The van der Waals surface area contributed by atoms with Gasteiger partial charge in [-0.3, -0.25) is 4.79 Å². The van der Waals surface area contributed by atoms with Crippen LogP contribution < -0.4 is 5.32 Å². The van der Waals surface area contributed by atoms with Crippen LogP contribution in [0.1, 0.15) is 32.6 Å². The molecule has 0 bridgehead atoms. The molecule has 0 atom stereocenters. The van der Waals surface area contributed by atoms with Crippen molar-refractivity contribution in [2.75, 3.05) is 19.6 Å². The van der Waals surface area contributed by atoms with Crippen molar-refractivity contribution in [1.82, 2.24) is 10.2 Å². The van der Waals surface area contributed by atoms with Crippen LogP contribution in [-0.4, -0.2) is 41.6 Å². The lowest BCUT2D eigenvalue weighted by Gasteiger charge is -2.38. The van der Waals surface area contributed by atoms with Crippen molar-refractivity contribution in [3.63, 3.8) is 0 Å². The van der Waals surface area contributed by atoms with Gasteiger partial charge in [-0.05, 0) is 19.3 Å². The molecule has 1 fully saturated rings. The molecule has 0 heterocycles. The van der Waals surface area contributed by atoms with Gasteiger partial charge < -0.3 is 15.3 Å². The third-order valence-corrected chi connectivity index (χ3v) is 3.47.